The van der Waals surface area contributed by atoms with Gasteiger partial charge >= 0.3 is 5.97 Å². The van der Waals surface area contributed by atoms with Gasteiger partial charge in [-0.1, -0.05) is 0 Å². The highest BCUT2D eigenvalue weighted by atomic mass is 32.2. The first-order chi connectivity index (χ1) is 5.59. The lowest BCUT2D eigenvalue weighted by molar-refractivity contribution is -0.146. The number of hydrogen-bond donors (Lipinski definition) is 2. The largest absolute Gasteiger partial charge is 0.481 e. The van der Waals surface area contributed by atoms with Crippen molar-refractivity contribution in [3.8, 4) is 0 Å². The van der Waals surface area contributed by atoms with Crippen molar-refractivity contribution >= 4 is 23.6 Å². The number of nitrogens with one attached hydrogen (secondary N) is 1. The van der Waals surface area contributed by atoms with Crippen LogP contribution in [0.3, 0.4) is 0 Å². The second kappa shape index (κ2) is 5.88. The third-order valence-corrected chi connectivity index (χ3v) is 1.98. The van der Waals surface area contributed by atoms with Crippen molar-refractivity contribution in [1.82, 2.24) is 5.32 Å². The lowest BCUT2D eigenvalue weighted by atomic mass is 10.2. The highest BCUT2D eigenvalue weighted by molar-refractivity contribution is 7.98. The van der Waals surface area contributed by atoms with Crippen LogP contribution < -0.4 is 5.32 Å². The van der Waals surface area contributed by atoms with E-state index < -0.39 is 17.8 Å². The summed E-state index contributed by atoms with van der Waals surface area (Å²) in [6.07, 6.45) is 1.92. The summed E-state index contributed by atoms with van der Waals surface area (Å²) in [4.78, 5) is 21.3. The number of carbonyl (C=O) groups is 2. The maximum absolute atomic E-state index is 11.0. The number of aliphatic carboxylic acids is 1. The van der Waals surface area contributed by atoms with E-state index in [0.29, 0.717) is 6.54 Å². The van der Waals surface area contributed by atoms with Gasteiger partial charge in [-0.3, -0.25) is 9.59 Å². The molecule has 0 rings (SSSR count). The first-order valence-corrected chi connectivity index (χ1v) is 4.98. The number of carbonyl (C=O) groups excluding carboxylic acids is 1. The van der Waals surface area contributed by atoms with Crippen LogP contribution in [-0.4, -0.2) is 35.5 Å². The highest BCUT2D eigenvalue weighted by Gasteiger charge is 2.19. The standard InChI is InChI=1S/C7H13NO3S/c1-5(7(10)11)6(9)8-3-4-12-2/h5H,3-4H2,1-2H3,(H,8,9)(H,10,11). The summed E-state index contributed by atoms with van der Waals surface area (Å²) in [5.74, 6) is -1.65. The van der Waals surface area contributed by atoms with Gasteiger partial charge < -0.3 is 10.4 Å². The molecule has 0 heterocycles. The number of rotatable bonds is 5. The molecule has 4 nitrogen and oxygen atoms in total. The van der Waals surface area contributed by atoms with E-state index in [1.165, 1.54) is 6.92 Å². The summed E-state index contributed by atoms with van der Waals surface area (Å²) in [5, 5.41) is 11.0. The minimum atomic E-state index is -1.09. The van der Waals surface area contributed by atoms with E-state index in [0.717, 1.165) is 5.75 Å². The molecule has 1 atom stereocenters. The number of carboxylic acid groups (broad SMARTS) is 1. The molecule has 0 radical (unpaired) electrons. The fourth-order valence-electron chi connectivity index (χ4n) is 0.542. The smallest absolute Gasteiger partial charge is 0.315 e. The van der Waals surface area contributed by atoms with Gasteiger partial charge in [0.05, 0.1) is 0 Å². The van der Waals surface area contributed by atoms with E-state index in [9.17, 15) is 9.59 Å². The van der Waals surface area contributed by atoms with Gasteiger partial charge in [-0.2, -0.15) is 11.8 Å². The van der Waals surface area contributed by atoms with E-state index >= 15 is 0 Å². The summed E-state index contributed by atoms with van der Waals surface area (Å²) in [7, 11) is 0. The second-order valence-corrected chi connectivity index (χ2v) is 3.33. The Morgan fingerprint density at radius 3 is 2.58 bits per heavy atom. The van der Waals surface area contributed by atoms with Gasteiger partial charge in [0.1, 0.15) is 5.92 Å². The predicted molar refractivity (Wildman–Crippen MR) is 48.2 cm³/mol. The van der Waals surface area contributed by atoms with Gasteiger partial charge in [-0.15, -0.1) is 0 Å². The Balaban J connectivity index is 3.65. The molecule has 0 aromatic carbocycles. The molecule has 12 heavy (non-hydrogen) atoms. The Morgan fingerprint density at radius 2 is 2.17 bits per heavy atom. The van der Waals surface area contributed by atoms with E-state index in [2.05, 4.69) is 5.32 Å². The number of amides is 1. The molecule has 0 bridgehead atoms. The highest BCUT2D eigenvalue weighted by Crippen LogP contribution is 1.94. The monoisotopic (exact) mass is 191 g/mol. The van der Waals surface area contributed by atoms with Crippen LogP contribution in [0.2, 0.25) is 0 Å². The molecule has 0 aromatic rings. The molecule has 70 valence electrons. The van der Waals surface area contributed by atoms with Crippen LogP contribution in [0.1, 0.15) is 6.92 Å². The molecule has 2 N–H and O–H groups in total. The Bertz CT molecular complexity index is 172. The zero-order valence-electron chi connectivity index (χ0n) is 7.16. The summed E-state index contributed by atoms with van der Waals surface area (Å²) in [6.45, 7) is 1.90. The molecular weight excluding hydrogens is 178 g/mol. The third-order valence-electron chi connectivity index (χ3n) is 1.37. The second-order valence-electron chi connectivity index (χ2n) is 2.34. The first-order valence-electron chi connectivity index (χ1n) is 3.59. The van der Waals surface area contributed by atoms with Crippen LogP contribution in [0.5, 0.6) is 0 Å². The van der Waals surface area contributed by atoms with Crippen molar-refractivity contribution in [1.29, 1.82) is 0 Å². The van der Waals surface area contributed by atoms with Crippen molar-refractivity contribution < 1.29 is 14.7 Å². The Labute approximate surface area is 75.7 Å². The van der Waals surface area contributed by atoms with Crippen LogP contribution in [0.25, 0.3) is 0 Å². The lowest BCUT2D eigenvalue weighted by Gasteiger charge is -2.06. The topological polar surface area (TPSA) is 66.4 Å². The van der Waals surface area contributed by atoms with Crippen molar-refractivity contribution in [3.63, 3.8) is 0 Å². The minimum Gasteiger partial charge on any atom is -0.481 e. The Morgan fingerprint density at radius 1 is 1.58 bits per heavy atom. The average molecular weight is 191 g/mol. The van der Waals surface area contributed by atoms with Crippen molar-refractivity contribution in [3.05, 3.63) is 0 Å². The first kappa shape index (κ1) is 11.3. The van der Waals surface area contributed by atoms with Gasteiger partial charge in [0.2, 0.25) is 5.91 Å². The van der Waals surface area contributed by atoms with Gasteiger partial charge in [-0.25, -0.2) is 0 Å². The van der Waals surface area contributed by atoms with E-state index in [4.69, 9.17) is 5.11 Å². The molecule has 0 spiro atoms. The maximum Gasteiger partial charge on any atom is 0.315 e. The van der Waals surface area contributed by atoms with Gasteiger partial charge in [0.15, 0.2) is 0 Å². The van der Waals surface area contributed by atoms with Gasteiger partial charge in [-0.05, 0) is 13.2 Å². The fraction of sp³-hybridized carbons (Fsp3) is 0.714. The van der Waals surface area contributed by atoms with Crippen molar-refractivity contribution in [2.75, 3.05) is 18.6 Å². The molecule has 0 aliphatic carbocycles. The summed E-state index contributed by atoms with van der Waals surface area (Å²) in [5.41, 5.74) is 0. The number of carboxylic acids is 1. The fourth-order valence-corrected chi connectivity index (χ4v) is 0.848. The molecular formula is C7H13NO3S. The third kappa shape index (κ3) is 4.23. The number of thioether (sulfide) groups is 1. The van der Waals surface area contributed by atoms with Crippen molar-refractivity contribution in [2.24, 2.45) is 5.92 Å². The van der Waals surface area contributed by atoms with Crippen LogP contribution in [0, 0.1) is 5.92 Å². The number of hydrogen-bond acceptors (Lipinski definition) is 3. The SMILES string of the molecule is CSCCNC(=O)C(C)C(=O)O. The van der Waals surface area contributed by atoms with Gasteiger partial charge in [0, 0.05) is 12.3 Å². The Kier molecular flexibility index (Phi) is 5.53. The molecule has 0 aromatic heterocycles. The van der Waals surface area contributed by atoms with E-state index in [1.54, 1.807) is 11.8 Å². The lowest BCUT2D eigenvalue weighted by Crippen LogP contribution is -2.34. The molecule has 0 fully saturated rings. The van der Waals surface area contributed by atoms with Crippen LogP contribution >= 0.6 is 11.8 Å². The average Bonchev–Trinajstić information content (AvgIpc) is 2.03. The summed E-state index contributed by atoms with van der Waals surface area (Å²) in [6, 6.07) is 0. The molecule has 1 unspecified atom stereocenters. The molecule has 0 saturated heterocycles. The summed E-state index contributed by atoms with van der Waals surface area (Å²) < 4.78 is 0. The van der Waals surface area contributed by atoms with E-state index in [-0.39, 0.29) is 0 Å². The molecule has 0 saturated carbocycles. The van der Waals surface area contributed by atoms with Crippen LogP contribution in [0.4, 0.5) is 0 Å². The molecule has 0 aliphatic rings. The molecule has 0 aliphatic heterocycles. The summed E-state index contributed by atoms with van der Waals surface area (Å²) >= 11 is 1.60. The molecule has 5 heteroatoms. The van der Waals surface area contributed by atoms with E-state index in [1.807, 2.05) is 6.26 Å². The Hall–Kier alpha value is -0.710. The minimum absolute atomic E-state index is 0.420. The quantitative estimate of drug-likeness (QED) is 0.481. The zero-order valence-corrected chi connectivity index (χ0v) is 7.98. The van der Waals surface area contributed by atoms with Crippen LogP contribution in [-0.2, 0) is 9.59 Å². The predicted octanol–water partition coefficient (Wildman–Crippen LogP) is 0.186. The van der Waals surface area contributed by atoms with Gasteiger partial charge in [0.25, 0.3) is 0 Å². The normalized spacial score (nSPS) is 12.2. The molecule has 1 amide bonds. The van der Waals surface area contributed by atoms with Crippen molar-refractivity contribution in [2.45, 2.75) is 6.92 Å². The maximum atomic E-state index is 11.0. The van der Waals surface area contributed by atoms with Crippen LogP contribution in [0.15, 0.2) is 0 Å². The zero-order chi connectivity index (χ0) is 9.56.